The molecule has 1 heterocycles. The zero-order chi connectivity index (χ0) is 13.2. The third kappa shape index (κ3) is 2.25. The highest BCUT2D eigenvalue weighted by atomic mass is 16.5. The van der Waals surface area contributed by atoms with Crippen LogP contribution >= 0.6 is 0 Å². The average molecular weight is 253 g/mol. The molecule has 3 rings (SSSR count). The van der Waals surface area contributed by atoms with E-state index in [0.29, 0.717) is 11.3 Å². The van der Waals surface area contributed by atoms with Gasteiger partial charge < -0.3 is 4.74 Å². The van der Waals surface area contributed by atoms with Crippen LogP contribution < -0.4 is 10.1 Å². The zero-order valence-corrected chi connectivity index (χ0v) is 10.7. The minimum absolute atomic E-state index is 0.0892. The van der Waals surface area contributed by atoms with Gasteiger partial charge in [-0.2, -0.15) is 0 Å². The number of carbonyl (C=O) groups excluding carboxylic acids is 1. The van der Waals surface area contributed by atoms with Gasteiger partial charge in [-0.3, -0.25) is 10.1 Å². The molecule has 1 aliphatic heterocycles. The first kappa shape index (κ1) is 11.9. The van der Waals surface area contributed by atoms with Gasteiger partial charge in [0.05, 0.1) is 24.8 Å². The van der Waals surface area contributed by atoms with Crippen LogP contribution in [0.25, 0.3) is 0 Å². The summed E-state index contributed by atoms with van der Waals surface area (Å²) in [4.78, 5) is 12.4. The van der Waals surface area contributed by atoms with Gasteiger partial charge >= 0.3 is 0 Å². The van der Waals surface area contributed by atoms with Crippen molar-refractivity contribution in [1.29, 1.82) is 0 Å². The summed E-state index contributed by atoms with van der Waals surface area (Å²) >= 11 is 0. The Balaban J connectivity index is 1.80. The molecule has 1 saturated heterocycles. The van der Waals surface area contributed by atoms with E-state index in [1.165, 1.54) is 0 Å². The lowest BCUT2D eigenvalue weighted by Gasteiger charge is -2.06. The van der Waals surface area contributed by atoms with Crippen LogP contribution in [0.1, 0.15) is 22.0 Å². The molecule has 2 atom stereocenters. The lowest BCUT2D eigenvalue weighted by molar-refractivity contribution is 0.0985. The Kier molecular flexibility index (Phi) is 3.05. The van der Waals surface area contributed by atoms with Gasteiger partial charge in [-0.15, -0.1) is 0 Å². The van der Waals surface area contributed by atoms with Crippen LogP contribution in [0.15, 0.2) is 54.6 Å². The molecule has 1 fully saturated rings. The summed E-state index contributed by atoms with van der Waals surface area (Å²) in [7, 11) is 1.58. The number of methoxy groups -OCH3 is 1. The van der Waals surface area contributed by atoms with Gasteiger partial charge in [-0.25, -0.2) is 0 Å². The van der Waals surface area contributed by atoms with Crippen LogP contribution in [0, 0.1) is 0 Å². The molecule has 19 heavy (non-hydrogen) atoms. The molecular weight excluding hydrogens is 238 g/mol. The Bertz CT molecular complexity index is 595. The molecule has 0 amide bonds. The molecule has 0 radical (unpaired) electrons. The largest absolute Gasteiger partial charge is 0.496 e. The number of ether oxygens (including phenoxy) is 1. The summed E-state index contributed by atoms with van der Waals surface area (Å²) in [5.74, 6) is 0.722. The van der Waals surface area contributed by atoms with Crippen molar-refractivity contribution in [3.05, 3.63) is 65.7 Å². The van der Waals surface area contributed by atoms with Crippen molar-refractivity contribution in [2.45, 2.75) is 12.1 Å². The Labute approximate surface area is 112 Å². The van der Waals surface area contributed by atoms with E-state index in [9.17, 15) is 4.79 Å². The van der Waals surface area contributed by atoms with Gasteiger partial charge in [0.15, 0.2) is 5.78 Å². The van der Waals surface area contributed by atoms with E-state index in [1.807, 2.05) is 54.6 Å². The highest BCUT2D eigenvalue weighted by molar-refractivity contribution is 6.04. The fourth-order valence-electron chi connectivity index (χ4n) is 2.33. The molecule has 96 valence electrons. The number of benzene rings is 2. The number of Topliss-reactive ketones (excluding diaryl/α,β-unsaturated/α-hetero) is 1. The predicted octanol–water partition coefficient (Wildman–Crippen LogP) is 2.59. The molecule has 0 aliphatic carbocycles. The molecule has 3 heteroatoms. The van der Waals surface area contributed by atoms with Gasteiger partial charge in [0.2, 0.25) is 0 Å². The smallest absolute Gasteiger partial charge is 0.185 e. The molecule has 2 aromatic rings. The van der Waals surface area contributed by atoms with Crippen molar-refractivity contribution < 1.29 is 9.53 Å². The van der Waals surface area contributed by atoms with E-state index < -0.39 is 0 Å². The molecule has 0 saturated carbocycles. The molecule has 0 bridgehead atoms. The van der Waals surface area contributed by atoms with Gasteiger partial charge in [0.1, 0.15) is 5.75 Å². The first-order valence-electron chi connectivity index (χ1n) is 6.29. The summed E-state index contributed by atoms with van der Waals surface area (Å²) in [6, 6.07) is 17.3. The van der Waals surface area contributed by atoms with Gasteiger partial charge in [0, 0.05) is 0 Å². The standard InChI is InChI=1S/C16H15NO2/c1-19-13-10-6-5-9-12(13)16(18)15-14(17-15)11-7-3-2-4-8-11/h2-10,14-15,17H,1H3/t14-,15+/m1/s1. The van der Waals surface area contributed by atoms with Crippen molar-refractivity contribution in [1.82, 2.24) is 5.32 Å². The Morgan fingerprint density at radius 1 is 1.05 bits per heavy atom. The average Bonchev–Trinajstić information content (AvgIpc) is 3.28. The molecule has 0 unspecified atom stereocenters. The fraction of sp³-hybridized carbons (Fsp3) is 0.188. The summed E-state index contributed by atoms with van der Waals surface area (Å²) in [6.45, 7) is 0. The topological polar surface area (TPSA) is 48.2 Å². The molecule has 0 aromatic heterocycles. The second-order valence-electron chi connectivity index (χ2n) is 4.60. The second kappa shape index (κ2) is 4.86. The van der Waals surface area contributed by atoms with Gasteiger partial charge in [0.25, 0.3) is 0 Å². The lowest BCUT2D eigenvalue weighted by atomic mass is 10.0. The Morgan fingerprint density at radius 3 is 2.47 bits per heavy atom. The van der Waals surface area contributed by atoms with Crippen LogP contribution in [0.3, 0.4) is 0 Å². The third-order valence-corrected chi connectivity index (χ3v) is 3.40. The minimum atomic E-state index is -0.140. The van der Waals surface area contributed by atoms with Crippen molar-refractivity contribution in [2.24, 2.45) is 0 Å². The van der Waals surface area contributed by atoms with E-state index in [1.54, 1.807) is 7.11 Å². The molecule has 2 aromatic carbocycles. The number of para-hydroxylation sites is 1. The maximum atomic E-state index is 12.4. The SMILES string of the molecule is COc1ccccc1C(=O)[C@H]1N[C@@H]1c1ccccc1. The quantitative estimate of drug-likeness (QED) is 0.673. The predicted molar refractivity (Wildman–Crippen MR) is 73.4 cm³/mol. The molecule has 3 nitrogen and oxygen atoms in total. The highest BCUT2D eigenvalue weighted by Crippen LogP contribution is 2.33. The maximum Gasteiger partial charge on any atom is 0.185 e. The van der Waals surface area contributed by atoms with E-state index >= 15 is 0 Å². The summed E-state index contributed by atoms with van der Waals surface area (Å²) in [5, 5.41) is 3.23. The first-order chi connectivity index (χ1) is 9.31. The number of nitrogens with one attached hydrogen (secondary N) is 1. The van der Waals surface area contributed by atoms with E-state index in [2.05, 4.69) is 5.32 Å². The fourth-order valence-corrected chi connectivity index (χ4v) is 2.33. The van der Waals surface area contributed by atoms with E-state index in [0.717, 1.165) is 5.56 Å². The third-order valence-electron chi connectivity index (χ3n) is 3.40. The van der Waals surface area contributed by atoms with E-state index in [4.69, 9.17) is 4.74 Å². The number of rotatable bonds is 4. The van der Waals surface area contributed by atoms with Gasteiger partial charge in [-0.1, -0.05) is 42.5 Å². The van der Waals surface area contributed by atoms with Crippen LogP contribution in [0.2, 0.25) is 0 Å². The van der Waals surface area contributed by atoms with Crippen molar-refractivity contribution in [3.63, 3.8) is 0 Å². The maximum absolute atomic E-state index is 12.4. The summed E-state index contributed by atoms with van der Waals surface area (Å²) < 4.78 is 5.24. The monoisotopic (exact) mass is 253 g/mol. The first-order valence-corrected chi connectivity index (χ1v) is 6.29. The normalized spacial score (nSPS) is 20.9. The van der Waals surface area contributed by atoms with Crippen LogP contribution in [-0.4, -0.2) is 18.9 Å². The number of hydrogen-bond donors (Lipinski definition) is 1. The minimum Gasteiger partial charge on any atom is -0.496 e. The Hall–Kier alpha value is -2.13. The summed E-state index contributed by atoms with van der Waals surface area (Å²) in [5.41, 5.74) is 1.79. The number of ketones is 1. The summed E-state index contributed by atoms with van der Waals surface area (Å²) in [6.07, 6.45) is 0. The van der Waals surface area contributed by atoms with Crippen molar-refractivity contribution >= 4 is 5.78 Å². The molecule has 1 aliphatic rings. The lowest BCUT2D eigenvalue weighted by Crippen LogP contribution is -2.11. The van der Waals surface area contributed by atoms with Crippen LogP contribution in [0.5, 0.6) is 5.75 Å². The van der Waals surface area contributed by atoms with Crippen molar-refractivity contribution in [2.75, 3.05) is 7.11 Å². The molecular formula is C16H15NO2. The Morgan fingerprint density at radius 2 is 1.74 bits per heavy atom. The van der Waals surface area contributed by atoms with E-state index in [-0.39, 0.29) is 17.9 Å². The van der Waals surface area contributed by atoms with Crippen LogP contribution in [0.4, 0.5) is 0 Å². The van der Waals surface area contributed by atoms with Crippen molar-refractivity contribution in [3.8, 4) is 5.75 Å². The number of carbonyl (C=O) groups is 1. The molecule has 0 spiro atoms. The van der Waals surface area contributed by atoms with Gasteiger partial charge in [-0.05, 0) is 17.7 Å². The zero-order valence-electron chi connectivity index (χ0n) is 10.7. The second-order valence-corrected chi connectivity index (χ2v) is 4.60. The highest BCUT2D eigenvalue weighted by Gasteiger charge is 2.43. The number of hydrogen-bond acceptors (Lipinski definition) is 3. The van der Waals surface area contributed by atoms with Crippen LogP contribution in [-0.2, 0) is 0 Å². The molecule has 1 N–H and O–H groups in total.